The molecule has 1 aromatic carbocycles. The number of rotatable bonds is 6. The molecule has 9 nitrogen and oxygen atoms in total. The molecule has 0 radical (unpaired) electrons. The predicted molar refractivity (Wildman–Crippen MR) is 130 cm³/mol. The Labute approximate surface area is 201 Å². The Kier molecular flexibility index (Phi) is 9.97. The first-order valence-corrected chi connectivity index (χ1v) is 11.9. The van der Waals surface area contributed by atoms with Crippen LogP contribution in [0.3, 0.4) is 0 Å². The zero-order valence-electron chi connectivity index (χ0n) is 18.0. The third-order valence-electron chi connectivity index (χ3n) is 5.34. The van der Waals surface area contributed by atoms with Crippen LogP contribution in [0, 0.1) is 0 Å². The van der Waals surface area contributed by atoms with Gasteiger partial charge in [-0.15, -0.1) is 24.0 Å². The number of carbonyl (C=O) groups excluding carboxylic acids is 1. The lowest BCUT2D eigenvalue weighted by Gasteiger charge is -2.37. The van der Waals surface area contributed by atoms with Gasteiger partial charge in [0.05, 0.1) is 11.4 Å². The summed E-state index contributed by atoms with van der Waals surface area (Å²) in [6, 6.07) is 6.71. The number of ether oxygens (including phenoxy) is 1. The molecule has 1 aromatic rings. The Hall–Kier alpha value is -1.44. The molecule has 2 aliphatic rings. The SMILES string of the molecule is CCNC(=NCc1ccc(S(=O)(=O)NC)cc1)N1CCN(C(=O)C2CCCO2)CC1.I. The van der Waals surface area contributed by atoms with E-state index in [0.717, 1.165) is 30.9 Å². The fourth-order valence-electron chi connectivity index (χ4n) is 3.60. The fourth-order valence-corrected chi connectivity index (χ4v) is 4.33. The van der Waals surface area contributed by atoms with Gasteiger partial charge in [-0.1, -0.05) is 12.1 Å². The number of sulfonamides is 1. The largest absolute Gasteiger partial charge is 0.368 e. The Morgan fingerprint density at radius 1 is 1.16 bits per heavy atom. The number of hydrogen-bond donors (Lipinski definition) is 2. The average Bonchev–Trinajstić information content (AvgIpc) is 3.31. The first-order chi connectivity index (χ1) is 14.4. The Morgan fingerprint density at radius 3 is 2.35 bits per heavy atom. The van der Waals surface area contributed by atoms with E-state index in [1.807, 2.05) is 11.8 Å². The van der Waals surface area contributed by atoms with Crippen molar-refractivity contribution in [1.82, 2.24) is 19.8 Å². The van der Waals surface area contributed by atoms with E-state index in [1.165, 1.54) is 7.05 Å². The van der Waals surface area contributed by atoms with E-state index < -0.39 is 10.0 Å². The van der Waals surface area contributed by atoms with E-state index in [9.17, 15) is 13.2 Å². The zero-order valence-corrected chi connectivity index (χ0v) is 21.2. The summed E-state index contributed by atoms with van der Waals surface area (Å²) in [5.41, 5.74) is 0.924. The number of aliphatic imine (C=N–C) groups is 1. The smallest absolute Gasteiger partial charge is 0.251 e. The molecule has 1 amide bonds. The van der Waals surface area contributed by atoms with Crippen molar-refractivity contribution in [2.45, 2.75) is 37.3 Å². The molecule has 1 unspecified atom stereocenters. The first kappa shape index (κ1) is 25.8. The quantitative estimate of drug-likeness (QED) is 0.303. The lowest BCUT2D eigenvalue weighted by molar-refractivity contribution is -0.142. The highest BCUT2D eigenvalue weighted by Crippen LogP contribution is 2.16. The van der Waals surface area contributed by atoms with Crippen LogP contribution in [-0.4, -0.2) is 82.6 Å². The molecule has 31 heavy (non-hydrogen) atoms. The van der Waals surface area contributed by atoms with Crippen molar-refractivity contribution in [1.29, 1.82) is 0 Å². The van der Waals surface area contributed by atoms with Gasteiger partial charge in [0.2, 0.25) is 10.0 Å². The fraction of sp³-hybridized carbons (Fsp3) is 0.600. The number of carbonyl (C=O) groups is 1. The Balaban J connectivity index is 0.00000341. The number of nitrogens with one attached hydrogen (secondary N) is 2. The third kappa shape index (κ3) is 6.77. The van der Waals surface area contributed by atoms with Crippen LogP contribution in [0.5, 0.6) is 0 Å². The topological polar surface area (TPSA) is 103 Å². The molecule has 3 rings (SSSR count). The minimum Gasteiger partial charge on any atom is -0.368 e. The van der Waals surface area contributed by atoms with E-state index >= 15 is 0 Å². The first-order valence-electron chi connectivity index (χ1n) is 10.4. The van der Waals surface area contributed by atoms with Gasteiger partial charge in [-0.2, -0.15) is 0 Å². The monoisotopic (exact) mass is 565 g/mol. The van der Waals surface area contributed by atoms with Crippen LogP contribution in [0.25, 0.3) is 0 Å². The van der Waals surface area contributed by atoms with Crippen molar-refractivity contribution in [3.05, 3.63) is 29.8 Å². The molecule has 2 heterocycles. The molecule has 2 N–H and O–H groups in total. The number of hydrogen-bond acceptors (Lipinski definition) is 5. The van der Waals surface area contributed by atoms with Crippen LogP contribution in [0.1, 0.15) is 25.3 Å². The third-order valence-corrected chi connectivity index (χ3v) is 6.77. The maximum absolute atomic E-state index is 12.5. The zero-order chi connectivity index (χ0) is 21.6. The summed E-state index contributed by atoms with van der Waals surface area (Å²) in [5, 5.41) is 3.31. The minimum absolute atomic E-state index is 0. The molecular formula is C20H32IN5O4S. The van der Waals surface area contributed by atoms with Gasteiger partial charge >= 0.3 is 0 Å². The summed E-state index contributed by atoms with van der Waals surface area (Å²) in [7, 11) is -2.04. The van der Waals surface area contributed by atoms with E-state index in [0.29, 0.717) is 39.3 Å². The van der Waals surface area contributed by atoms with Gasteiger partial charge in [0.1, 0.15) is 6.10 Å². The second-order valence-electron chi connectivity index (χ2n) is 7.34. The molecule has 11 heteroatoms. The summed E-state index contributed by atoms with van der Waals surface area (Å²) in [6.07, 6.45) is 1.50. The molecule has 0 spiro atoms. The van der Waals surface area contributed by atoms with Crippen molar-refractivity contribution < 1.29 is 17.9 Å². The standard InChI is InChI=1S/C20H31N5O4S.HI/c1-3-22-20(23-15-16-6-8-17(9-7-16)30(27,28)21-2)25-12-10-24(11-13-25)19(26)18-5-4-14-29-18;/h6-9,18,21H,3-5,10-15H2,1-2H3,(H,22,23);1H. The van der Waals surface area contributed by atoms with Crippen LogP contribution >= 0.6 is 24.0 Å². The van der Waals surface area contributed by atoms with Crippen molar-refractivity contribution in [3.63, 3.8) is 0 Å². The second kappa shape index (κ2) is 12.0. The Bertz CT molecular complexity index is 849. The van der Waals surface area contributed by atoms with Gasteiger partial charge in [-0.05, 0) is 44.5 Å². The van der Waals surface area contributed by atoms with Gasteiger partial charge in [-0.3, -0.25) is 4.79 Å². The van der Waals surface area contributed by atoms with Gasteiger partial charge in [0.15, 0.2) is 5.96 Å². The highest BCUT2D eigenvalue weighted by molar-refractivity contribution is 14.0. The van der Waals surface area contributed by atoms with E-state index in [1.54, 1.807) is 24.3 Å². The maximum Gasteiger partial charge on any atom is 0.251 e. The number of guanidine groups is 1. The lowest BCUT2D eigenvalue weighted by atomic mass is 10.2. The van der Waals surface area contributed by atoms with Crippen LogP contribution in [0.15, 0.2) is 34.2 Å². The van der Waals surface area contributed by atoms with Crippen molar-refractivity contribution >= 4 is 45.9 Å². The van der Waals surface area contributed by atoms with Crippen molar-refractivity contribution in [2.75, 3.05) is 46.4 Å². The van der Waals surface area contributed by atoms with Crippen molar-refractivity contribution in [2.24, 2.45) is 4.99 Å². The number of nitrogens with zero attached hydrogens (tertiary/aromatic N) is 3. The summed E-state index contributed by atoms with van der Waals surface area (Å²) in [5.74, 6) is 0.902. The molecule has 0 bridgehead atoms. The van der Waals surface area contributed by atoms with Gasteiger partial charge < -0.3 is 19.9 Å². The van der Waals surface area contributed by atoms with E-state index in [-0.39, 0.29) is 40.9 Å². The maximum atomic E-state index is 12.5. The normalized spacial score (nSPS) is 19.8. The molecular weight excluding hydrogens is 533 g/mol. The summed E-state index contributed by atoms with van der Waals surface area (Å²) in [4.78, 5) is 21.5. The molecule has 0 aliphatic carbocycles. The Morgan fingerprint density at radius 2 is 1.81 bits per heavy atom. The van der Waals surface area contributed by atoms with E-state index in [2.05, 4.69) is 14.9 Å². The molecule has 2 saturated heterocycles. The number of benzene rings is 1. The molecule has 0 aromatic heterocycles. The second-order valence-corrected chi connectivity index (χ2v) is 9.22. The molecule has 0 saturated carbocycles. The van der Waals surface area contributed by atoms with Gasteiger partial charge in [0.25, 0.3) is 5.91 Å². The average molecular weight is 565 g/mol. The van der Waals surface area contributed by atoms with Crippen molar-refractivity contribution in [3.8, 4) is 0 Å². The molecule has 1 atom stereocenters. The highest BCUT2D eigenvalue weighted by atomic mass is 127. The lowest BCUT2D eigenvalue weighted by Crippen LogP contribution is -2.55. The molecule has 2 fully saturated rings. The number of halogens is 1. The van der Waals surface area contributed by atoms with Gasteiger partial charge in [-0.25, -0.2) is 18.1 Å². The van der Waals surface area contributed by atoms with Gasteiger partial charge in [0, 0.05) is 39.3 Å². The minimum atomic E-state index is -3.44. The van der Waals surface area contributed by atoms with Crippen LogP contribution in [-0.2, 0) is 26.1 Å². The summed E-state index contributed by atoms with van der Waals surface area (Å²) in [6.45, 7) is 6.61. The van der Waals surface area contributed by atoms with Crippen LogP contribution in [0.4, 0.5) is 0 Å². The molecule has 174 valence electrons. The van der Waals surface area contributed by atoms with Crippen LogP contribution < -0.4 is 10.0 Å². The summed E-state index contributed by atoms with van der Waals surface area (Å²) < 4.78 is 31.5. The predicted octanol–water partition coefficient (Wildman–Crippen LogP) is 1.00. The number of amides is 1. The van der Waals surface area contributed by atoms with Crippen LogP contribution in [0.2, 0.25) is 0 Å². The summed E-state index contributed by atoms with van der Waals surface area (Å²) >= 11 is 0. The van der Waals surface area contributed by atoms with E-state index in [4.69, 9.17) is 9.73 Å². The molecule has 2 aliphatic heterocycles. The number of piperazine rings is 1. The highest BCUT2D eigenvalue weighted by Gasteiger charge is 2.30.